The van der Waals surface area contributed by atoms with Gasteiger partial charge in [0.05, 0.1) is 6.61 Å². The number of benzene rings is 1. The average molecular weight is 331 g/mol. The lowest BCUT2D eigenvalue weighted by molar-refractivity contribution is -0.114. The summed E-state index contributed by atoms with van der Waals surface area (Å²) in [6.07, 6.45) is 0. The van der Waals surface area contributed by atoms with Crippen LogP contribution in [0, 0.1) is 0 Å². The van der Waals surface area contributed by atoms with Crippen molar-refractivity contribution in [2.24, 2.45) is 0 Å². The zero-order chi connectivity index (χ0) is 17.0. The van der Waals surface area contributed by atoms with E-state index in [1.54, 1.807) is 6.92 Å². The van der Waals surface area contributed by atoms with E-state index in [1.165, 1.54) is 23.8 Å². The van der Waals surface area contributed by atoms with E-state index >= 15 is 0 Å². The van der Waals surface area contributed by atoms with Gasteiger partial charge in [0.25, 0.3) is 0 Å². The Balaban J connectivity index is 2.46. The third-order valence-corrected chi connectivity index (χ3v) is 4.34. The molecule has 0 saturated heterocycles. The molecule has 0 fully saturated rings. The van der Waals surface area contributed by atoms with Gasteiger partial charge in [0.15, 0.2) is 0 Å². The smallest absolute Gasteiger partial charge is 0.341 e. The quantitative estimate of drug-likeness (QED) is 0.810. The van der Waals surface area contributed by atoms with Crippen molar-refractivity contribution in [3.05, 3.63) is 40.8 Å². The van der Waals surface area contributed by atoms with Crippen LogP contribution in [0.25, 0.3) is 11.1 Å². The predicted molar refractivity (Wildman–Crippen MR) is 94.1 cm³/mol. The van der Waals surface area contributed by atoms with E-state index in [4.69, 9.17) is 4.74 Å². The van der Waals surface area contributed by atoms with Crippen LogP contribution in [-0.2, 0) is 9.53 Å². The first kappa shape index (κ1) is 17.2. The molecule has 0 radical (unpaired) electrons. The molecule has 2 aromatic rings. The molecule has 122 valence electrons. The third kappa shape index (κ3) is 3.99. The van der Waals surface area contributed by atoms with E-state index in [0.717, 1.165) is 11.1 Å². The van der Waals surface area contributed by atoms with Crippen molar-refractivity contribution in [3.8, 4) is 11.1 Å². The minimum absolute atomic E-state index is 0.209. The molecular weight excluding hydrogens is 310 g/mol. The molecule has 5 heteroatoms. The van der Waals surface area contributed by atoms with Crippen molar-refractivity contribution >= 4 is 28.2 Å². The maximum Gasteiger partial charge on any atom is 0.341 e. The predicted octanol–water partition coefficient (Wildman–Crippen LogP) is 4.67. The second kappa shape index (κ2) is 7.42. The van der Waals surface area contributed by atoms with Gasteiger partial charge in [-0.2, -0.15) is 0 Å². The summed E-state index contributed by atoms with van der Waals surface area (Å²) in [5.41, 5.74) is 3.38. The van der Waals surface area contributed by atoms with Crippen LogP contribution in [0.3, 0.4) is 0 Å². The van der Waals surface area contributed by atoms with E-state index in [9.17, 15) is 9.59 Å². The molecule has 0 aliphatic heterocycles. The number of esters is 1. The lowest BCUT2D eigenvalue weighted by Gasteiger charge is -2.09. The number of amides is 1. The van der Waals surface area contributed by atoms with Crippen molar-refractivity contribution in [2.45, 2.75) is 33.6 Å². The number of anilines is 1. The van der Waals surface area contributed by atoms with Gasteiger partial charge in [-0.25, -0.2) is 4.79 Å². The fourth-order valence-corrected chi connectivity index (χ4v) is 3.28. The minimum atomic E-state index is -0.416. The normalized spacial score (nSPS) is 10.7. The molecule has 1 amide bonds. The first-order chi connectivity index (χ1) is 10.9. The van der Waals surface area contributed by atoms with Gasteiger partial charge in [0, 0.05) is 17.9 Å². The number of thiophene rings is 1. The van der Waals surface area contributed by atoms with E-state index < -0.39 is 5.97 Å². The molecule has 0 unspecified atom stereocenters. The zero-order valence-corrected chi connectivity index (χ0v) is 14.6. The Hall–Kier alpha value is -2.14. The number of hydrogen-bond acceptors (Lipinski definition) is 4. The highest BCUT2D eigenvalue weighted by Crippen LogP contribution is 2.36. The summed E-state index contributed by atoms with van der Waals surface area (Å²) in [5.74, 6) is -0.175. The molecule has 1 aromatic heterocycles. The Labute approximate surface area is 140 Å². The van der Waals surface area contributed by atoms with E-state index in [-0.39, 0.29) is 5.91 Å². The summed E-state index contributed by atoms with van der Waals surface area (Å²) in [6, 6.07) is 8.12. The molecule has 1 heterocycles. The lowest BCUT2D eigenvalue weighted by atomic mass is 9.98. The number of carbonyl (C=O) groups is 2. The van der Waals surface area contributed by atoms with Crippen LogP contribution in [0.5, 0.6) is 0 Å². The highest BCUT2D eigenvalue weighted by Gasteiger charge is 2.22. The summed E-state index contributed by atoms with van der Waals surface area (Å²) < 4.78 is 5.15. The second-order valence-corrected chi connectivity index (χ2v) is 6.41. The van der Waals surface area contributed by atoms with Crippen LogP contribution in [0.2, 0.25) is 0 Å². The van der Waals surface area contributed by atoms with Gasteiger partial charge < -0.3 is 10.1 Å². The van der Waals surface area contributed by atoms with E-state index in [2.05, 4.69) is 31.3 Å². The maximum atomic E-state index is 12.3. The van der Waals surface area contributed by atoms with Crippen molar-refractivity contribution in [1.29, 1.82) is 0 Å². The Morgan fingerprint density at radius 3 is 2.39 bits per heavy atom. The SMILES string of the molecule is CCOC(=O)c1c(-c2ccc(C(C)C)cc2)csc1NC(C)=O. The molecule has 0 aliphatic rings. The number of hydrogen-bond donors (Lipinski definition) is 1. The van der Waals surface area contributed by atoms with Crippen LogP contribution in [0.15, 0.2) is 29.6 Å². The highest BCUT2D eigenvalue weighted by molar-refractivity contribution is 7.15. The van der Waals surface area contributed by atoms with Crippen molar-refractivity contribution in [2.75, 3.05) is 11.9 Å². The van der Waals surface area contributed by atoms with Crippen LogP contribution in [-0.4, -0.2) is 18.5 Å². The Kier molecular flexibility index (Phi) is 5.55. The van der Waals surface area contributed by atoms with E-state index in [1.807, 2.05) is 17.5 Å². The summed E-state index contributed by atoms with van der Waals surface area (Å²) in [7, 11) is 0. The van der Waals surface area contributed by atoms with Crippen molar-refractivity contribution in [3.63, 3.8) is 0 Å². The summed E-state index contributed by atoms with van der Waals surface area (Å²) in [5, 5.41) is 5.11. The largest absolute Gasteiger partial charge is 0.462 e. The maximum absolute atomic E-state index is 12.3. The number of nitrogens with one attached hydrogen (secondary N) is 1. The molecule has 1 aromatic carbocycles. The van der Waals surface area contributed by atoms with Gasteiger partial charge in [-0.15, -0.1) is 11.3 Å². The van der Waals surface area contributed by atoms with Crippen molar-refractivity contribution in [1.82, 2.24) is 0 Å². The highest BCUT2D eigenvalue weighted by atomic mass is 32.1. The van der Waals surface area contributed by atoms with Gasteiger partial charge in [-0.3, -0.25) is 4.79 Å². The Morgan fingerprint density at radius 2 is 1.87 bits per heavy atom. The Bertz CT molecular complexity index is 702. The summed E-state index contributed by atoms with van der Waals surface area (Å²) in [6.45, 7) is 7.75. The molecule has 2 rings (SSSR count). The average Bonchev–Trinajstić information content (AvgIpc) is 2.90. The number of ether oxygens (including phenoxy) is 1. The van der Waals surface area contributed by atoms with E-state index in [0.29, 0.717) is 23.1 Å². The third-order valence-electron chi connectivity index (χ3n) is 3.45. The summed E-state index contributed by atoms with van der Waals surface area (Å²) in [4.78, 5) is 23.7. The zero-order valence-electron chi connectivity index (χ0n) is 13.8. The molecule has 0 aliphatic carbocycles. The fourth-order valence-electron chi connectivity index (χ4n) is 2.28. The molecule has 0 spiro atoms. The number of rotatable bonds is 5. The number of carbonyl (C=O) groups excluding carboxylic acids is 2. The molecule has 0 atom stereocenters. The topological polar surface area (TPSA) is 55.4 Å². The van der Waals surface area contributed by atoms with Gasteiger partial charge in [0.1, 0.15) is 10.6 Å². The monoisotopic (exact) mass is 331 g/mol. The second-order valence-electron chi connectivity index (χ2n) is 5.53. The molecule has 0 bridgehead atoms. The fraction of sp³-hybridized carbons (Fsp3) is 0.333. The lowest BCUT2D eigenvalue weighted by Crippen LogP contribution is -2.11. The van der Waals surface area contributed by atoms with Crippen LogP contribution >= 0.6 is 11.3 Å². The summed E-state index contributed by atoms with van der Waals surface area (Å²) >= 11 is 1.33. The first-order valence-electron chi connectivity index (χ1n) is 7.60. The molecular formula is C18H21NO3S. The van der Waals surface area contributed by atoms with Gasteiger partial charge >= 0.3 is 5.97 Å². The van der Waals surface area contributed by atoms with Gasteiger partial charge in [0.2, 0.25) is 5.91 Å². The minimum Gasteiger partial charge on any atom is -0.462 e. The van der Waals surface area contributed by atoms with Crippen molar-refractivity contribution < 1.29 is 14.3 Å². The Morgan fingerprint density at radius 1 is 1.22 bits per heavy atom. The molecule has 4 nitrogen and oxygen atoms in total. The van der Waals surface area contributed by atoms with Crippen LogP contribution in [0.4, 0.5) is 5.00 Å². The molecule has 1 N–H and O–H groups in total. The molecule has 0 saturated carbocycles. The standard InChI is InChI=1S/C18H21NO3S/c1-5-22-18(21)16-15(10-23-17(16)19-12(4)20)14-8-6-13(7-9-14)11(2)3/h6-11H,5H2,1-4H3,(H,19,20). The molecule has 23 heavy (non-hydrogen) atoms. The van der Waals surface area contributed by atoms with Gasteiger partial charge in [-0.1, -0.05) is 38.1 Å². The van der Waals surface area contributed by atoms with Crippen LogP contribution < -0.4 is 5.32 Å². The first-order valence-corrected chi connectivity index (χ1v) is 8.48. The van der Waals surface area contributed by atoms with Crippen LogP contribution in [0.1, 0.15) is 49.5 Å². The van der Waals surface area contributed by atoms with Gasteiger partial charge in [-0.05, 0) is 24.0 Å².